The van der Waals surface area contributed by atoms with Gasteiger partial charge < -0.3 is 14.8 Å². The SMILES string of the molecule is [2H][C@@H]1N=C(C2COc3ccccc3O2)N[C@H]1[2H]. The highest BCUT2D eigenvalue weighted by molar-refractivity contribution is 5.88. The van der Waals surface area contributed by atoms with E-state index in [0.717, 1.165) is 0 Å². The first-order valence-electron chi connectivity index (χ1n) is 5.97. The zero-order valence-electron chi connectivity index (χ0n) is 10.0. The number of hydrogen-bond acceptors (Lipinski definition) is 4. The van der Waals surface area contributed by atoms with E-state index in [-0.39, 0.29) is 6.10 Å². The summed E-state index contributed by atoms with van der Waals surface area (Å²) in [5.74, 6) is 1.91. The predicted molar refractivity (Wildman–Crippen MR) is 56.7 cm³/mol. The fourth-order valence-corrected chi connectivity index (χ4v) is 1.61. The van der Waals surface area contributed by atoms with E-state index in [1.54, 1.807) is 0 Å². The lowest BCUT2D eigenvalue weighted by Crippen LogP contribution is -2.42. The number of hydrogen-bond donors (Lipinski definition) is 1. The van der Waals surface area contributed by atoms with Crippen LogP contribution in [0.1, 0.15) is 2.74 Å². The van der Waals surface area contributed by atoms with E-state index in [1.807, 2.05) is 24.3 Å². The topological polar surface area (TPSA) is 42.9 Å². The van der Waals surface area contributed by atoms with Gasteiger partial charge in [0, 0.05) is 6.52 Å². The number of fused-ring (bicyclic) bond motifs is 1. The largest absolute Gasteiger partial charge is 0.485 e. The molecule has 2 heterocycles. The summed E-state index contributed by atoms with van der Waals surface area (Å²) >= 11 is 0. The van der Waals surface area contributed by atoms with Crippen molar-refractivity contribution in [1.29, 1.82) is 0 Å². The molecule has 2 aliphatic heterocycles. The standard InChI is InChI=1S/C11H12N2O2/c1-2-4-9-8(3-1)14-7-10(15-9)11-12-5-6-13-11/h1-4,10H,5-7H2,(H,12,13)/i5D,6D/t5-,6-,10?/m0/s1. The molecule has 0 saturated heterocycles. The molecule has 4 nitrogen and oxygen atoms in total. The molecule has 1 unspecified atom stereocenters. The van der Waals surface area contributed by atoms with Gasteiger partial charge >= 0.3 is 0 Å². The van der Waals surface area contributed by atoms with Gasteiger partial charge in [-0.1, -0.05) is 12.1 Å². The number of ether oxygens (including phenoxy) is 2. The summed E-state index contributed by atoms with van der Waals surface area (Å²) in [6.45, 7) is -1.15. The number of amidine groups is 1. The molecule has 0 amide bonds. The maximum atomic E-state index is 7.52. The highest BCUT2D eigenvalue weighted by atomic mass is 16.6. The number of nitrogens with zero attached hydrogens (tertiary/aromatic N) is 1. The molecular weight excluding hydrogens is 192 g/mol. The fourth-order valence-electron chi connectivity index (χ4n) is 1.61. The molecule has 2 aliphatic rings. The van der Waals surface area contributed by atoms with Crippen molar-refractivity contribution < 1.29 is 12.2 Å². The molecular formula is C11H12N2O2. The Hall–Kier alpha value is -1.71. The lowest BCUT2D eigenvalue weighted by molar-refractivity contribution is 0.133. The molecule has 0 spiro atoms. The van der Waals surface area contributed by atoms with Gasteiger partial charge in [-0.3, -0.25) is 4.99 Å². The molecule has 0 bridgehead atoms. The third kappa shape index (κ3) is 1.52. The van der Waals surface area contributed by atoms with Crippen molar-refractivity contribution >= 4 is 5.84 Å². The lowest BCUT2D eigenvalue weighted by Gasteiger charge is -2.26. The molecule has 3 atom stereocenters. The van der Waals surface area contributed by atoms with Crippen LogP contribution in [0.25, 0.3) is 0 Å². The summed E-state index contributed by atoms with van der Waals surface area (Å²) in [6, 6.07) is 7.42. The normalized spacial score (nSPS) is 34.9. The lowest BCUT2D eigenvalue weighted by atomic mass is 10.2. The number of para-hydroxylation sites is 2. The van der Waals surface area contributed by atoms with Gasteiger partial charge in [0.15, 0.2) is 17.6 Å². The van der Waals surface area contributed by atoms with Gasteiger partial charge in [-0.05, 0) is 12.1 Å². The van der Waals surface area contributed by atoms with Crippen molar-refractivity contribution in [3.05, 3.63) is 24.3 Å². The van der Waals surface area contributed by atoms with Crippen molar-refractivity contribution in [1.82, 2.24) is 5.32 Å². The number of aliphatic imine (C=N–C) groups is 1. The number of rotatable bonds is 1. The van der Waals surface area contributed by atoms with Crippen molar-refractivity contribution in [2.45, 2.75) is 6.10 Å². The summed E-state index contributed by atoms with van der Waals surface area (Å²) in [5, 5.41) is 2.83. The van der Waals surface area contributed by atoms with Crippen LogP contribution < -0.4 is 14.8 Å². The Labute approximate surface area is 90.7 Å². The second-order valence-corrected chi connectivity index (χ2v) is 3.34. The Morgan fingerprint density at radius 2 is 2.27 bits per heavy atom. The maximum Gasteiger partial charge on any atom is 0.189 e. The van der Waals surface area contributed by atoms with E-state index in [4.69, 9.17) is 12.2 Å². The molecule has 3 rings (SSSR count). The van der Waals surface area contributed by atoms with Gasteiger partial charge in [-0.2, -0.15) is 0 Å². The molecule has 78 valence electrons. The van der Waals surface area contributed by atoms with E-state index in [0.29, 0.717) is 23.9 Å². The van der Waals surface area contributed by atoms with E-state index >= 15 is 0 Å². The molecule has 0 aromatic heterocycles. The van der Waals surface area contributed by atoms with Crippen molar-refractivity contribution in [2.75, 3.05) is 19.6 Å². The van der Waals surface area contributed by atoms with Gasteiger partial charge in [0.2, 0.25) is 0 Å². The van der Waals surface area contributed by atoms with Gasteiger partial charge in [0.05, 0.1) is 9.26 Å². The Kier molecular flexibility index (Phi) is 1.55. The molecule has 0 radical (unpaired) electrons. The monoisotopic (exact) mass is 206 g/mol. The van der Waals surface area contributed by atoms with Crippen LogP contribution in [0.15, 0.2) is 29.3 Å². The average molecular weight is 206 g/mol. The highest BCUT2D eigenvalue weighted by Gasteiger charge is 2.26. The molecule has 4 heteroatoms. The first-order valence-corrected chi connectivity index (χ1v) is 4.81. The summed E-state index contributed by atoms with van der Waals surface area (Å²) in [4.78, 5) is 4.05. The highest BCUT2D eigenvalue weighted by Crippen LogP contribution is 2.31. The molecule has 0 aliphatic carbocycles. The average Bonchev–Trinajstić information content (AvgIpc) is 2.69. The minimum absolute atomic E-state index is 0.349. The predicted octanol–water partition coefficient (Wildman–Crippen LogP) is 0.828. The van der Waals surface area contributed by atoms with Crippen molar-refractivity contribution in [2.24, 2.45) is 4.99 Å². The van der Waals surface area contributed by atoms with E-state index < -0.39 is 13.0 Å². The van der Waals surface area contributed by atoms with Gasteiger partial charge in [0.1, 0.15) is 12.4 Å². The fraction of sp³-hybridized carbons (Fsp3) is 0.364. The quantitative estimate of drug-likeness (QED) is 0.740. The van der Waals surface area contributed by atoms with E-state index in [1.165, 1.54) is 0 Å². The van der Waals surface area contributed by atoms with Gasteiger partial charge in [-0.15, -0.1) is 0 Å². The molecule has 0 saturated carbocycles. The summed E-state index contributed by atoms with van der Waals surface area (Å²) in [6.07, 6.45) is -0.354. The third-order valence-electron chi connectivity index (χ3n) is 2.33. The Balaban J connectivity index is 1.79. The minimum atomic E-state index is -0.786. The molecule has 1 aromatic carbocycles. The van der Waals surface area contributed by atoms with Crippen molar-refractivity contribution in [3.63, 3.8) is 0 Å². The van der Waals surface area contributed by atoms with Crippen LogP contribution in [-0.2, 0) is 0 Å². The summed E-state index contributed by atoms with van der Waals surface area (Å²) in [5.41, 5.74) is 0. The maximum absolute atomic E-state index is 7.52. The van der Waals surface area contributed by atoms with Crippen molar-refractivity contribution in [3.8, 4) is 11.5 Å². The number of nitrogens with one attached hydrogen (secondary N) is 1. The summed E-state index contributed by atoms with van der Waals surface area (Å²) < 4.78 is 26.3. The van der Waals surface area contributed by atoms with Crippen LogP contribution in [0, 0.1) is 0 Å². The van der Waals surface area contributed by atoms with Gasteiger partial charge in [0.25, 0.3) is 0 Å². The van der Waals surface area contributed by atoms with Crippen LogP contribution in [0.2, 0.25) is 0 Å². The van der Waals surface area contributed by atoms with Gasteiger partial charge in [-0.25, -0.2) is 0 Å². The summed E-state index contributed by atoms with van der Waals surface area (Å²) in [7, 11) is 0. The molecule has 0 fully saturated rings. The zero-order valence-corrected chi connectivity index (χ0v) is 8.01. The van der Waals surface area contributed by atoms with Crippen LogP contribution >= 0.6 is 0 Å². The smallest absolute Gasteiger partial charge is 0.189 e. The Bertz CT molecular complexity index is 467. The van der Waals surface area contributed by atoms with Crippen LogP contribution in [0.3, 0.4) is 0 Å². The first-order chi connectivity index (χ1) is 8.24. The molecule has 1 N–H and O–H groups in total. The van der Waals surface area contributed by atoms with E-state index in [9.17, 15) is 0 Å². The van der Waals surface area contributed by atoms with Crippen LogP contribution in [0.4, 0.5) is 0 Å². The molecule has 15 heavy (non-hydrogen) atoms. The Morgan fingerprint density at radius 1 is 1.40 bits per heavy atom. The van der Waals surface area contributed by atoms with E-state index in [2.05, 4.69) is 10.3 Å². The third-order valence-corrected chi connectivity index (χ3v) is 2.33. The first kappa shape index (κ1) is 6.71. The zero-order chi connectivity index (χ0) is 11.8. The minimum Gasteiger partial charge on any atom is -0.485 e. The second kappa shape index (κ2) is 3.46. The van der Waals surface area contributed by atoms with Crippen LogP contribution in [-0.4, -0.2) is 31.6 Å². The molecule has 1 aromatic rings. The number of benzene rings is 1. The second-order valence-electron chi connectivity index (χ2n) is 3.34. The Morgan fingerprint density at radius 3 is 3.07 bits per heavy atom. The van der Waals surface area contributed by atoms with Crippen LogP contribution in [0.5, 0.6) is 11.5 Å².